The Morgan fingerprint density at radius 1 is 1.12 bits per heavy atom. The fourth-order valence-corrected chi connectivity index (χ4v) is 3.41. The van der Waals surface area contributed by atoms with E-state index in [0.717, 1.165) is 43.1 Å². The molecule has 0 radical (unpaired) electrons. The van der Waals surface area contributed by atoms with Gasteiger partial charge in [-0.1, -0.05) is 6.07 Å². The van der Waals surface area contributed by atoms with Gasteiger partial charge >= 0.3 is 0 Å². The Morgan fingerprint density at radius 2 is 2.00 bits per heavy atom. The Labute approximate surface area is 146 Å². The number of rotatable bonds is 5. The zero-order chi connectivity index (χ0) is 17.2. The number of likely N-dealkylation sites (tertiary alicyclic amines) is 1. The molecule has 2 fully saturated rings. The lowest BCUT2D eigenvalue weighted by atomic mass is 10.0. The van der Waals surface area contributed by atoms with Crippen LogP contribution < -0.4 is 5.32 Å². The fourth-order valence-electron chi connectivity index (χ4n) is 3.41. The summed E-state index contributed by atoms with van der Waals surface area (Å²) in [6.45, 7) is 2.46. The predicted octanol–water partition coefficient (Wildman–Crippen LogP) is 3.71. The minimum absolute atomic E-state index is 0.306. The Balaban J connectivity index is 1.37. The van der Waals surface area contributed by atoms with Gasteiger partial charge in [-0.3, -0.25) is 4.90 Å². The van der Waals surface area contributed by atoms with Gasteiger partial charge < -0.3 is 5.32 Å². The van der Waals surface area contributed by atoms with Crippen molar-refractivity contribution in [2.24, 2.45) is 0 Å². The van der Waals surface area contributed by atoms with Gasteiger partial charge in [0, 0.05) is 31.2 Å². The minimum Gasteiger partial charge on any atom is -0.366 e. The van der Waals surface area contributed by atoms with Gasteiger partial charge in [0.15, 0.2) is 11.6 Å². The number of anilines is 1. The van der Waals surface area contributed by atoms with Crippen LogP contribution in [0.15, 0.2) is 30.5 Å². The van der Waals surface area contributed by atoms with Crippen LogP contribution in [0.1, 0.15) is 43.0 Å². The first-order valence-electron chi connectivity index (χ1n) is 8.93. The summed E-state index contributed by atoms with van der Waals surface area (Å²) in [5, 5.41) is 3.51. The molecule has 1 unspecified atom stereocenters. The summed E-state index contributed by atoms with van der Waals surface area (Å²) < 4.78 is 26.5. The van der Waals surface area contributed by atoms with E-state index in [4.69, 9.17) is 0 Å². The van der Waals surface area contributed by atoms with E-state index < -0.39 is 11.6 Å². The third kappa shape index (κ3) is 4.12. The van der Waals surface area contributed by atoms with E-state index in [1.54, 1.807) is 6.07 Å². The highest BCUT2D eigenvalue weighted by Gasteiger charge is 2.27. The van der Waals surface area contributed by atoms with Crippen molar-refractivity contribution in [1.29, 1.82) is 0 Å². The molecule has 2 heterocycles. The maximum absolute atomic E-state index is 13.4. The van der Waals surface area contributed by atoms with Crippen molar-refractivity contribution in [3.8, 4) is 0 Å². The van der Waals surface area contributed by atoms with Gasteiger partial charge in [0.25, 0.3) is 0 Å². The molecule has 4 rings (SSSR count). The first kappa shape index (κ1) is 16.4. The Hall–Kier alpha value is -2.08. The standard InChI is InChI=1S/C19H22F2N4/c20-16-6-3-13(10-17(16)21)11-25-9-1-2-15(12-25)23-18-7-8-22-19(24-18)14-4-5-14/h3,6-8,10,14-15H,1-2,4-5,9,11-12H2,(H,22,23,24). The van der Waals surface area contributed by atoms with Gasteiger partial charge in [0.05, 0.1) is 0 Å². The van der Waals surface area contributed by atoms with E-state index >= 15 is 0 Å². The van der Waals surface area contributed by atoms with E-state index in [1.807, 2.05) is 12.3 Å². The van der Waals surface area contributed by atoms with E-state index in [1.165, 1.54) is 25.0 Å². The second-order valence-electron chi connectivity index (χ2n) is 7.04. The van der Waals surface area contributed by atoms with Crippen LogP contribution in [0.2, 0.25) is 0 Å². The van der Waals surface area contributed by atoms with Crippen LogP contribution >= 0.6 is 0 Å². The van der Waals surface area contributed by atoms with Crippen LogP contribution in [0.25, 0.3) is 0 Å². The topological polar surface area (TPSA) is 41.0 Å². The number of hydrogen-bond donors (Lipinski definition) is 1. The average Bonchev–Trinajstić information content (AvgIpc) is 3.44. The van der Waals surface area contributed by atoms with Crippen molar-refractivity contribution >= 4 is 5.82 Å². The van der Waals surface area contributed by atoms with Crippen molar-refractivity contribution < 1.29 is 8.78 Å². The average molecular weight is 344 g/mol. The number of hydrogen-bond acceptors (Lipinski definition) is 4. The molecule has 132 valence electrons. The van der Waals surface area contributed by atoms with E-state index in [-0.39, 0.29) is 0 Å². The van der Waals surface area contributed by atoms with E-state index in [2.05, 4.69) is 20.2 Å². The zero-order valence-corrected chi connectivity index (χ0v) is 14.1. The molecule has 2 aromatic rings. The third-order valence-corrected chi connectivity index (χ3v) is 4.86. The molecule has 0 bridgehead atoms. The van der Waals surface area contributed by atoms with Gasteiger partial charge in [-0.25, -0.2) is 18.7 Å². The molecule has 1 saturated carbocycles. The van der Waals surface area contributed by atoms with Gasteiger partial charge in [-0.05, 0) is 56.0 Å². The SMILES string of the molecule is Fc1ccc(CN2CCCC(Nc3ccnc(C4CC4)n3)C2)cc1F. The van der Waals surface area contributed by atoms with Crippen LogP contribution in [0.4, 0.5) is 14.6 Å². The maximum atomic E-state index is 13.4. The van der Waals surface area contributed by atoms with Crippen molar-refractivity contribution in [2.45, 2.75) is 44.2 Å². The summed E-state index contributed by atoms with van der Waals surface area (Å²) in [6, 6.07) is 6.37. The molecular formula is C19H22F2N4. The Bertz CT molecular complexity index is 748. The van der Waals surface area contributed by atoms with Crippen molar-refractivity contribution in [1.82, 2.24) is 14.9 Å². The highest BCUT2D eigenvalue weighted by Crippen LogP contribution is 2.38. The second kappa shape index (κ2) is 7.04. The van der Waals surface area contributed by atoms with Crippen LogP contribution in [0.3, 0.4) is 0 Å². The molecule has 1 aromatic heterocycles. The summed E-state index contributed by atoms with van der Waals surface area (Å²) in [4.78, 5) is 11.3. The van der Waals surface area contributed by atoms with E-state index in [9.17, 15) is 8.78 Å². The quantitative estimate of drug-likeness (QED) is 0.898. The second-order valence-corrected chi connectivity index (χ2v) is 7.04. The van der Waals surface area contributed by atoms with Crippen molar-refractivity contribution in [2.75, 3.05) is 18.4 Å². The van der Waals surface area contributed by atoms with Crippen LogP contribution in [0, 0.1) is 11.6 Å². The molecule has 4 nitrogen and oxygen atoms in total. The van der Waals surface area contributed by atoms with Gasteiger partial charge in [-0.15, -0.1) is 0 Å². The third-order valence-electron chi connectivity index (χ3n) is 4.86. The lowest BCUT2D eigenvalue weighted by Gasteiger charge is -2.33. The van der Waals surface area contributed by atoms with E-state index in [0.29, 0.717) is 18.5 Å². The number of nitrogens with zero attached hydrogens (tertiary/aromatic N) is 3. The van der Waals surface area contributed by atoms with Crippen molar-refractivity contribution in [3.05, 3.63) is 53.5 Å². The first-order chi connectivity index (χ1) is 12.2. The molecule has 1 aliphatic carbocycles. The van der Waals surface area contributed by atoms with Crippen LogP contribution in [-0.4, -0.2) is 34.0 Å². The first-order valence-corrected chi connectivity index (χ1v) is 8.93. The summed E-state index contributed by atoms with van der Waals surface area (Å²) in [7, 11) is 0. The molecule has 1 N–H and O–H groups in total. The zero-order valence-electron chi connectivity index (χ0n) is 14.1. The van der Waals surface area contributed by atoms with Gasteiger partial charge in [0.2, 0.25) is 0 Å². The number of aromatic nitrogens is 2. The molecule has 1 aromatic carbocycles. The maximum Gasteiger partial charge on any atom is 0.159 e. The molecule has 2 aliphatic rings. The monoisotopic (exact) mass is 344 g/mol. The number of halogens is 2. The molecule has 25 heavy (non-hydrogen) atoms. The number of piperidine rings is 1. The Morgan fingerprint density at radius 3 is 2.80 bits per heavy atom. The summed E-state index contributed by atoms with van der Waals surface area (Å²) in [5.41, 5.74) is 0.803. The largest absolute Gasteiger partial charge is 0.366 e. The van der Waals surface area contributed by atoms with Crippen LogP contribution in [0.5, 0.6) is 0 Å². The number of nitrogens with one attached hydrogen (secondary N) is 1. The molecule has 1 aliphatic heterocycles. The lowest BCUT2D eigenvalue weighted by molar-refractivity contribution is 0.208. The van der Waals surface area contributed by atoms with Crippen LogP contribution in [-0.2, 0) is 6.54 Å². The smallest absolute Gasteiger partial charge is 0.159 e. The molecule has 1 atom stereocenters. The van der Waals surface area contributed by atoms with Crippen molar-refractivity contribution in [3.63, 3.8) is 0 Å². The summed E-state index contributed by atoms with van der Waals surface area (Å²) >= 11 is 0. The molecule has 0 amide bonds. The highest BCUT2D eigenvalue weighted by molar-refractivity contribution is 5.35. The predicted molar refractivity (Wildman–Crippen MR) is 92.3 cm³/mol. The molecule has 0 spiro atoms. The summed E-state index contributed by atoms with van der Waals surface area (Å²) in [5.74, 6) is 0.795. The number of benzene rings is 1. The molecule has 6 heteroatoms. The Kier molecular flexibility index (Phi) is 4.61. The van der Waals surface area contributed by atoms with Gasteiger partial charge in [0.1, 0.15) is 11.6 Å². The van der Waals surface area contributed by atoms with Gasteiger partial charge in [-0.2, -0.15) is 0 Å². The fraction of sp³-hybridized carbons (Fsp3) is 0.474. The highest BCUT2D eigenvalue weighted by atomic mass is 19.2. The lowest BCUT2D eigenvalue weighted by Crippen LogP contribution is -2.41. The summed E-state index contributed by atoms with van der Waals surface area (Å²) in [6.07, 6.45) is 6.35. The molecular weight excluding hydrogens is 322 g/mol. The normalized spacial score (nSPS) is 21.3. The minimum atomic E-state index is -0.794. The molecule has 1 saturated heterocycles.